The number of anilines is 1. The molecule has 0 spiro atoms. The predicted molar refractivity (Wildman–Crippen MR) is 117 cm³/mol. The van der Waals surface area contributed by atoms with Gasteiger partial charge in [0.1, 0.15) is 23.4 Å². The van der Waals surface area contributed by atoms with Crippen LogP contribution in [0, 0.1) is 0 Å². The normalized spacial score (nSPS) is 16.2. The zero-order valence-electron chi connectivity index (χ0n) is 16.2. The average molecular weight is 475 g/mol. The number of carbonyl (C=O) groups excluding carboxylic acids is 2. The van der Waals surface area contributed by atoms with Gasteiger partial charge in [-0.25, -0.2) is 4.79 Å². The maximum atomic E-state index is 12.8. The number of halogens is 1. The van der Waals surface area contributed by atoms with Crippen LogP contribution < -0.4 is 16.4 Å². The van der Waals surface area contributed by atoms with Crippen LogP contribution in [0.2, 0.25) is 0 Å². The lowest BCUT2D eigenvalue weighted by Crippen LogP contribution is -2.48. The Hall–Kier alpha value is -3.07. The highest BCUT2D eigenvalue weighted by Crippen LogP contribution is 2.19. The number of rotatable bonds is 8. The minimum atomic E-state index is -0.840. The van der Waals surface area contributed by atoms with Gasteiger partial charge in [-0.15, -0.1) is 0 Å². The van der Waals surface area contributed by atoms with Gasteiger partial charge >= 0.3 is 6.09 Å². The zero-order chi connectivity index (χ0) is 21.3. The van der Waals surface area contributed by atoms with E-state index in [1.807, 2.05) is 42.5 Å². The van der Waals surface area contributed by atoms with Gasteiger partial charge in [-0.1, -0.05) is 47.6 Å². The van der Waals surface area contributed by atoms with Crippen molar-refractivity contribution in [3.63, 3.8) is 0 Å². The van der Waals surface area contributed by atoms with E-state index in [1.54, 1.807) is 12.1 Å². The molecule has 0 fully saturated rings. The van der Waals surface area contributed by atoms with Crippen LogP contribution in [-0.4, -0.2) is 28.8 Å². The summed E-state index contributed by atoms with van der Waals surface area (Å²) < 4.78 is 5.91. The number of alkyl carbamates (subject to hydrolysis) is 1. The van der Waals surface area contributed by atoms with E-state index in [2.05, 4.69) is 31.7 Å². The Balaban J connectivity index is 1.57. The minimum Gasteiger partial charge on any atom is -0.445 e. The Kier molecular flexibility index (Phi) is 7.67. The summed E-state index contributed by atoms with van der Waals surface area (Å²) in [6, 6.07) is 15.7. The predicted octanol–water partition coefficient (Wildman–Crippen LogP) is 3.07. The summed E-state index contributed by atoms with van der Waals surface area (Å²) in [4.78, 5) is 30.3. The molecular weight excluding hydrogens is 452 g/mol. The van der Waals surface area contributed by atoms with Gasteiger partial charge in [-0.3, -0.25) is 4.79 Å². The van der Waals surface area contributed by atoms with Crippen LogP contribution in [0.4, 0.5) is 10.5 Å². The second-order valence-electron chi connectivity index (χ2n) is 6.86. The van der Waals surface area contributed by atoms with Gasteiger partial charge in [0.2, 0.25) is 5.91 Å². The molecule has 1 aliphatic heterocycles. The number of ether oxygens (including phenoxy) is 1. The third kappa shape index (κ3) is 6.77. The fourth-order valence-corrected chi connectivity index (χ4v) is 3.38. The molecule has 2 atom stereocenters. The highest BCUT2D eigenvalue weighted by Gasteiger charge is 2.29. The topological polar surface area (TPSA) is 115 Å². The molecule has 0 saturated heterocycles. The maximum absolute atomic E-state index is 12.8. The SMILES string of the molecule is Nc1cccc(CNC(=O)C(CC2CC(Br)=NO2)NC(=O)OCc2ccccc2)c1. The number of hydrogen-bond acceptors (Lipinski definition) is 6. The van der Waals surface area contributed by atoms with Crippen molar-refractivity contribution in [2.75, 3.05) is 5.73 Å². The second-order valence-corrected chi connectivity index (χ2v) is 7.77. The highest BCUT2D eigenvalue weighted by molar-refractivity contribution is 9.18. The van der Waals surface area contributed by atoms with Crippen LogP contribution in [0.25, 0.3) is 0 Å². The number of oxime groups is 1. The van der Waals surface area contributed by atoms with Crippen molar-refractivity contribution < 1.29 is 19.2 Å². The molecule has 158 valence electrons. The van der Waals surface area contributed by atoms with Crippen LogP contribution in [0.5, 0.6) is 0 Å². The summed E-state index contributed by atoms with van der Waals surface area (Å²) in [6.07, 6.45) is -0.223. The van der Waals surface area contributed by atoms with Crippen LogP contribution >= 0.6 is 15.9 Å². The number of nitrogen functional groups attached to an aromatic ring is 1. The average Bonchev–Trinajstić information content (AvgIpc) is 3.15. The van der Waals surface area contributed by atoms with E-state index < -0.39 is 12.1 Å². The smallest absolute Gasteiger partial charge is 0.408 e. The molecule has 0 saturated carbocycles. The summed E-state index contributed by atoms with van der Waals surface area (Å²) in [5.41, 5.74) is 8.10. The first kappa shape index (κ1) is 21.6. The lowest BCUT2D eigenvalue weighted by molar-refractivity contribution is -0.124. The summed E-state index contributed by atoms with van der Waals surface area (Å²) in [5.74, 6) is -0.347. The van der Waals surface area contributed by atoms with Crippen molar-refractivity contribution in [2.24, 2.45) is 5.16 Å². The van der Waals surface area contributed by atoms with E-state index >= 15 is 0 Å². The summed E-state index contributed by atoms with van der Waals surface area (Å²) in [7, 11) is 0. The number of nitrogens with one attached hydrogen (secondary N) is 2. The van der Waals surface area contributed by atoms with Crippen LogP contribution in [-0.2, 0) is 27.5 Å². The van der Waals surface area contributed by atoms with Gasteiger partial charge in [-0.05, 0) is 39.2 Å². The molecule has 30 heavy (non-hydrogen) atoms. The molecule has 0 bridgehead atoms. The molecule has 4 N–H and O–H groups in total. The molecule has 0 aliphatic carbocycles. The first-order valence-electron chi connectivity index (χ1n) is 9.47. The van der Waals surface area contributed by atoms with E-state index in [-0.39, 0.29) is 31.6 Å². The fraction of sp³-hybridized carbons (Fsp3) is 0.286. The van der Waals surface area contributed by atoms with Crippen LogP contribution in [0.1, 0.15) is 24.0 Å². The summed E-state index contributed by atoms with van der Waals surface area (Å²) in [5, 5.41) is 9.29. The van der Waals surface area contributed by atoms with E-state index in [4.69, 9.17) is 15.3 Å². The number of amides is 2. The van der Waals surface area contributed by atoms with Crippen molar-refractivity contribution in [1.29, 1.82) is 0 Å². The Morgan fingerprint density at radius 2 is 1.97 bits per heavy atom. The molecular formula is C21H23BrN4O4. The highest BCUT2D eigenvalue weighted by atomic mass is 79.9. The first-order chi connectivity index (χ1) is 14.5. The quantitative estimate of drug-likeness (QED) is 0.508. The molecule has 2 aromatic rings. The number of nitrogens with zero attached hydrogens (tertiary/aromatic N) is 1. The molecule has 8 nitrogen and oxygen atoms in total. The van der Waals surface area contributed by atoms with Gasteiger partial charge in [0, 0.05) is 25.1 Å². The molecule has 2 unspecified atom stereocenters. The Labute approximate surface area is 182 Å². The standard InChI is InChI=1S/C21H23BrN4O4/c22-19-11-17(30-26-19)10-18(20(27)24-12-15-7-4-8-16(23)9-15)25-21(28)29-13-14-5-2-1-3-6-14/h1-9,17-18H,10-13,23H2,(H,24,27)(H,25,28). The van der Waals surface area contributed by atoms with Gasteiger partial charge in [-0.2, -0.15) is 0 Å². The monoisotopic (exact) mass is 474 g/mol. The minimum absolute atomic E-state index is 0.110. The number of benzene rings is 2. The number of nitrogens with two attached hydrogens (primary N) is 1. The third-order valence-electron chi connectivity index (χ3n) is 4.43. The maximum Gasteiger partial charge on any atom is 0.408 e. The largest absolute Gasteiger partial charge is 0.445 e. The van der Waals surface area contributed by atoms with Crippen LogP contribution in [0.15, 0.2) is 59.8 Å². The molecule has 0 radical (unpaired) electrons. The summed E-state index contributed by atoms with van der Waals surface area (Å²) >= 11 is 3.28. The third-order valence-corrected chi connectivity index (χ3v) is 4.90. The summed E-state index contributed by atoms with van der Waals surface area (Å²) in [6.45, 7) is 0.395. The van der Waals surface area contributed by atoms with E-state index in [1.165, 1.54) is 0 Å². The fourth-order valence-electron chi connectivity index (χ4n) is 2.94. The van der Waals surface area contributed by atoms with Crippen molar-refractivity contribution >= 4 is 38.2 Å². The lowest BCUT2D eigenvalue weighted by atomic mass is 10.1. The van der Waals surface area contributed by atoms with E-state index in [0.717, 1.165) is 11.1 Å². The van der Waals surface area contributed by atoms with Crippen molar-refractivity contribution in [2.45, 2.75) is 38.1 Å². The van der Waals surface area contributed by atoms with Gasteiger partial charge in [0.15, 0.2) is 0 Å². The van der Waals surface area contributed by atoms with Gasteiger partial charge in [0.05, 0.1) is 0 Å². The second kappa shape index (κ2) is 10.6. The Morgan fingerprint density at radius 3 is 2.67 bits per heavy atom. The zero-order valence-corrected chi connectivity index (χ0v) is 17.8. The molecule has 9 heteroatoms. The van der Waals surface area contributed by atoms with Gasteiger partial charge in [0.25, 0.3) is 0 Å². The van der Waals surface area contributed by atoms with Crippen molar-refractivity contribution in [3.05, 3.63) is 65.7 Å². The Morgan fingerprint density at radius 1 is 1.20 bits per heavy atom. The van der Waals surface area contributed by atoms with Crippen molar-refractivity contribution in [3.8, 4) is 0 Å². The number of hydrogen-bond donors (Lipinski definition) is 3. The molecule has 1 heterocycles. The molecule has 3 rings (SSSR count). The van der Waals surface area contributed by atoms with E-state index in [9.17, 15) is 9.59 Å². The molecule has 0 aromatic heterocycles. The Bertz CT molecular complexity index is 907. The molecule has 2 amide bonds. The molecule has 1 aliphatic rings. The van der Waals surface area contributed by atoms with Crippen LogP contribution in [0.3, 0.4) is 0 Å². The van der Waals surface area contributed by atoms with Gasteiger partial charge < -0.3 is 25.9 Å². The van der Waals surface area contributed by atoms with Crippen molar-refractivity contribution in [1.82, 2.24) is 10.6 Å². The first-order valence-corrected chi connectivity index (χ1v) is 10.3. The number of carbonyl (C=O) groups is 2. The molecule has 2 aromatic carbocycles. The van der Waals surface area contributed by atoms with E-state index in [0.29, 0.717) is 16.7 Å². The lowest BCUT2D eigenvalue weighted by Gasteiger charge is -2.20.